The van der Waals surface area contributed by atoms with E-state index >= 15 is 0 Å². The maximum atomic E-state index is 13.6. The molecule has 0 bridgehead atoms. The Bertz CT molecular complexity index is 564. The fourth-order valence-corrected chi connectivity index (χ4v) is 2.27. The van der Waals surface area contributed by atoms with Crippen molar-refractivity contribution in [2.45, 2.75) is 33.2 Å². The van der Waals surface area contributed by atoms with Crippen LogP contribution in [0.2, 0.25) is 0 Å². The van der Waals surface area contributed by atoms with Crippen LogP contribution in [0.25, 0.3) is 0 Å². The average molecular weight is 272 g/mol. The van der Waals surface area contributed by atoms with Gasteiger partial charge in [-0.25, -0.2) is 4.39 Å². The zero-order chi connectivity index (χ0) is 14.5. The van der Waals surface area contributed by atoms with Gasteiger partial charge in [0.25, 0.3) is 0 Å². The molecule has 106 valence electrons. The molecule has 0 fully saturated rings. The molecule has 0 radical (unpaired) electrons. The highest BCUT2D eigenvalue weighted by Gasteiger charge is 2.16. The van der Waals surface area contributed by atoms with Crippen LogP contribution in [-0.4, -0.2) is 11.5 Å². The molecule has 1 aromatic heterocycles. The third-order valence-electron chi connectivity index (χ3n) is 3.42. The van der Waals surface area contributed by atoms with Crippen molar-refractivity contribution in [3.05, 3.63) is 64.7 Å². The topological polar surface area (TPSA) is 24.9 Å². The molecule has 3 heteroatoms. The van der Waals surface area contributed by atoms with Crippen LogP contribution in [-0.2, 0) is 0 Å². The first-order valence-corrected chi connectivity index (χ1v) is 7.03. The van der Waals surface area contributed by atoms with Crippen LogP contribution in [0.3, 0.4) is 0 Å². The molecule has 0 saturated carbocycles. The van der Waals surface area contributed by atoms with Crippen LogP contribution in [0.4, 0.5) is 4.39 Å². The summed E-state index contributed by atoms with van der Waals surface area (Å²) in [5, 5.41) is 3.48. The minimum Gasteiger partial charge on any atom is -0.306 e. The molecule has 0 spiro atoms. The first-order valence-electron chi connectivity index (χ1n) is 7.03. The van der Waals surface area contributed by atoms with Crippen LogP contribution in [0.15, 0.2) is 36.5 Å². The van der Waals surface area contributed by atoms with E-state index in [0.717, 1.165) is 35.3 Å². The predicted molar refractivity (Wildman–Crippen MR) is 80.2 cm³/mol. The maximum Gasteiger partial charge on any atom is 0.123 e. The number of rotatable bonds is 5. The van der Waals surface area contributed by atoms with Crippen molar-refractivity contribution in [3.63, 3.8) is 0 Å². The van der Waals surface area contributed by atoms with E-state index in [1.807, 2.05) is 32.2 Å². The van der Waals surface area contributed by atoms with Crippen LogP contribution < -0.4 is 5.32 Å². The molecule has 2 aromatic rings. The van der Waals surface area contributed by atoms with Gasteiger partial charge in [0.05, 0.1) is 6.04 Å². The van der Waals surface area contributed by atoms with Crippen LogP contribution >= 0.6 is 0 Å². The lowest BCUT2D eigenvalue weighted by molar-refractivity contribution is 0.581. The van der Waals surface area contributed by atoms with Crippen LogP contribution in [0, 0.1) is 19.7 Å². The van der Waals surface area contributed by atoms with E-state index in [1.165, 1.54) is 6.07 Å². The van der Waals surface area contributed by atoms with Crippen molar-refractivity contribution in [1.82, 2.24) is 10.3 Å². The molecule has 2 nitrogen and oxygen atoms in total. The van der Waals surface area contributed by atoms with Gasteiger partial charge in [-0.1, -0.05) is 19.1 Å². The van der Waals surface area contributed by atoms with Gasteiger partial charge in [0.1, 0.15) is 5.82 Å². The fraction of sp³-hybridized carbons (Fsp3) is 0.353. The molecule has 1 aromatic carbocycles. The van der Waals surface area contributed by atoms with Gasteiger partial charge in [0, 0.05) is 11.9 Å². The van der Waals surface area contributed by atoms with Crippen LogP contribution in [0.5, 0.6) is 0 Å². The summed E-state index contributed by atoms with van der Waals surface area (Å²) in [5.74, 6) is -0.200. The summed E-state index contributed by atoms with van der Waals surface area (Å²) in [6, 6.07) is 8.97. The molecular weight excluding hydrogens is 251 g/mol. The van der Waals surface area contributed by atoms with Crippen molar-refractivity contribution in [2.24, 2.45) is 0 Å². The Balaban J connectivity index is 2.41. The number of benzene rings is 1. The Labute approximate surface area is 120 Å². The van der Waals surface area contributed by atoms with Crippen molar-refractivity contribution < 1.29 is 4.39 Å². The fourth-order valence-electron chi connectivity index (χ4n) is 2.27. The van der Waals surface area contributed by atoms with Crippen molar-refractivity contribution >= 4 is 0 Å². The number of pyridine rings is 1. The molecule has 0 amide bonds. The molecule has 1 N–H and O–H groups in total. The van der Waals surface area contributed by atoms with E-state index in [2.05, 4.69) is 23.3 Å². The normalized spacial score (nSPS) is 12.4. The van der Waals surface area contributed by atoms with Gasteiger partial charge < -0.3 is 5.32 Å². The molecule has 1 atom stereocenters. The molecule has 2 rings (SSSR count). The Morgan fingerprint density at radius 3 is 2.65 bits per heavy atom. The summed E-state index contributed by atoms with van der Waals surface area (Å²) in [7, 11) is 0. The van der Waals surface area contributed by atoms with Gasteiger partial charge in [-0.3, -0.25) is 4.98 Å². The third-order valence-corrected chi connectivity index (χ3v) is 3.42. The number of nitrogens with one attached hydrogen (secondary N) is 1. The maximum absolute atomic E-state index is 13.6. The smallest absolute Gasteiger partial charge is 0.123 e. The van der Waals surface area contributed by atoms with E-state index in [1.54, 1.807) is 6.07 Å². The largest absolute Gasteiger partial charge is 0.306 e. The zero-order valence-electron chi connectivity index (χ0n) is 12.3. The number of hydrogen-bond donors (Lipinski definition) is 1. The summed E-state index contributed by atoms with van der Waals surface area (Å²) < 4.78 is 13.6. The van der Waals surface area contributed by atoms with E-state index < -0.39 is 0 Å². The Morgan fingerprint density at radius 2 is 2.00 bits per heavy atom. The summed E-state index contributed by atoms with van der Waals surface area (Å²) >= 11 is 0. The average Bonchev–Trinajstić information content (AvgIpc) is 2.44. The number of aromatic nitrogens is 1. The highest BCUT2D eigenvalue weighted by atomic mass is 19.1. The van der Waals surface area contributed by atoms with Crippen molar-refractivity contribution in [1.29, 1.82) is 0 Å². The van der Waals surface area contributed by atoms with E-state index in [9.17, 15) is 4.39 Å². The summed E-state index contributed by atoms with van der Waals surface area (Å²) in [5.41, 5.74) is 4.11. The Kier molecular flexibility index (Phi) is 4.85. The van der Waals surface area contributed by atoms with E-state index in [-0.39, 0.29) is 11.9 Å². The summed E-state index contributed by atoms with van der Waals surface area (Å²) in [4.78, 5) is 4.35. The number of aryl methyl sites for hydroxylation is 2. The van der Waals surface area contributed by atoms with E-state index in [0.29, 0.717) is 0 Å². The van der Waals surface area contributed by atoms with Gasteiger partial charge in [-0.15, -0.1) is 0 Å². The molecule has 0 aliphatic rings. The summed E-state index contributed by atoms with van der Waals surface area (Å²) in [6.45, 7) is 6.98. The zero-order valence-corrected chi connectivity index (χ0v) is 12.3. The predicted octanol–water partition coefficient (Wildman–Crippen LogP) is 3.93. The highest BCUT2D eigenvalue weighted by molar-refractivity contribution is 5.36. The molecular formula is C17H21FN2. The van der Waals surface area contributed by atoms with Crippen molar-refractivity contribution in [3.8, 4) is 0 Å². The molecule has 0 aliphatic carbocycles. The highest BCUT2D eigenvalue weighted by Crippen LogP contribution is 2.25. The van der Waals surface area contributed by atoms with Gasteiger partial charge in [0.15, 0.2) is 0 Å². The lowest BCUT2D eigenvalue weighted by atomic mass is 9.95. The monoisotopic (exact) mass is 272 g/mol. The van der Waals surface area contributed by atoms with Gasteiger partial charge in [-0.05, 0) is 61.7 Å². The second-order valence-electron chi connectivity index (χ2n) is 5.12. The van der Waals surface area contributed by atoms with Crippen molar-refractivity contribution in [2.75, 3.05) is 6.54 Å². The molecule has 0 saturated heterocycles. The number of hydrogen-bond acceptors (Lipinski definition) is 2. The summed E-state index contributed by atoms with van der Waals surface area (Å²) in [6.07, 6.45) is 2.90. The molecule has 20 heavy (non-hydrogen) atoms. The minimum atomic E-state index is -0.200. The molecule has 1 heterocycles. The number of nitrogens with zero attached hydrogens (tertiary/aromatic N) is 1. The Hall–Kier alpha value is -1.74. The van der Waals surface area contributed by atoms with Crippen LogP contribution in [0.1, 0.15) is 41.8 Å². The SMILES string of the molecule is CCCNC(c1ccc(C)nc1)c1cc(F)ccc1C. The molecule has 1 unspecified atom stereocenters. The second kappa shape index (κ2) is 6.62. The number of halogens is 1. The lowest BCUT2D eigenvalue weighted by Gasteiger charge is -2.21. The lowest BCUT2D eigenvalue weighted by Crippen LogP contribution is -2.24. The first kappa shape index (κ1) is 14.7. The van der Waals surface area contributed by atoms with Gasteiger partial charge >= 0.3 is 0 Å². The second-order valence-corrected chi connectivity index (χ2v) is 5.12. The standard InChI is InChI=1S/C17H21FN2/c1-4-9-19-17(14-7-6-13(3)20-11-14)16-10-15(18)8-5-12(16)2/h5-8,10-11,17,19H,4,9H2,1-3H3. The minimum absolute atomic E-state index is 0.0150. The van der Waals surface area contributed by atoms with Gasteiger partial charge in [0.2, 0.25) is 0 Å². The molecule has 0 aliphatic heterocycles. The van der Waals surface area contributed by atoms with E-state index in [4.69, 9.17) is 0 Å². The quantitative estimate of drug-likeness (QED) is 0.892. The third kappa shape index (κ3) is 3.42. The first-order chi connectivity index (χ1) is 9.61. The van der Waals surface area contributed by atoms with Gasteiger partial charge in [-0.2, -0.15) is 0 Å². The Morgan fingerprint density at radius 1 is 1.20 bits per heavy atom.